The fourth-order valence-corrected chi connectivity index (χ4v) is 4.96. The number of benzene rings is 1. The summed E-state index contributed by atoms with van der Waals surface area (Å²) in [7, 11) is -5.00. The molecule has 1 aliphatic rings. The van der Waals surface area contributed by atoms with Crippen LogP contribution in [0, 0.1) is 5.92 Å². The van der Waals surface area contributed by atoms with Crippen LogP contribution < -0.4 is 10.1 Å². The molecule has 1 atom stereocenters. The minimum atomic E-state index is -5.00. The number of ether oxygens (including phenoxy) is 1. The molecule has 1 aliphatic carbocycles. The zero-order chi connectivity index (χ0) is 24.3. The van der Waals surface area contributed by atoms with Crippen molar-refractivity contribution < 1.29 is 30.9 Å². The summed E-state index contributed by atoms with van der Waals surface area (Å²) < 4.78 is 77.3. The van der Waals surface area contributed by atoms with E-state index in [9.17, 15) is 26.1 Å². The molecule has 3 N–H and O–H groups in total. The van der Waals surface area contributed by atoms with Gasteiger partial charge in [0.25, 0.3) is 10.1 Å². The Morgan fingerprint density at radius 1 is 1.21 bits per heavy atom. The molecule has 1 unspecified atom stereocenters. The van der Waals surface area contributed by atoms with E-state index < -0.39 is 28.0 Å². The fourth-order valence-electron chi connectivity index (χ4n) is 4.07. The van der Waals surface area contributed by atoms with Gasteiger partial charge in [-0.3, -0.25) is 4.55 Å². The van der Waals surface area contributed by atoms with Crippen molar-refractivity contribution in [2.45, 2.75) is 50.0 Å². The molecular formula is C21H24F3N5O4S. The summed E-state index contributed by atoms with van der Waals surface area (Å²) in [4.78, 5) is 15.7. The van der Waals surface area contributed by atoms with Crippen LogP contribution in [0.3, 0.4) is 0 Å². The summed E-state index contributed by atoms with van der Waals surface area (Å²) in [6.45, 7) is 0.494. The third-order valence-corrected chi connectivity index (χ3v) is 6.88. The molecule has 1 aromatic carbocycles. The Kier molecular flexibility index (Phi) is 6.94. The van der Waals surface area contributed by atoms with Crippen molar-refractivity contribution in [1.82, 2.24) is 19.9 Å². The van der Waals surface area contributed by atoms with Gasteiger partial charge in [-0.1, -0.05) is 31.4 Å². The molecule has 13 heteroatoms. The smallest absolute Gasteiger partial charge is 0.390 e. The van der Waals surface area contributed by atoms with Crippen LogP contribution in [0.4, 0.5) is 24.8 Å². The third kappa shape index (κ3) is 6.14. The van der Waals surface area contributed by atoms with Crippen molar-refractivity contribution in [2.24, 2.45) is 5.92 Å². The second-order valence-corrected chi connectivity index (χ2v) is 9.94. The van der Waals surface area contributed by atoms with Gasteiger partial charge < -0.3 is 15.0 Å². The number of hydrogen-bond acceptors (Lipinski definition) is 7. The van der Waals surface area contributed by atoms with E-state index in [1.807, 2.05) is 0 Å². The molecule has 0 spiro atoms. The highest BCUT2D eigenvalue weighted by Crippen LogP contribution is 2.36. The molecule has 0 radical (unpaired) electrons. The molecule has 3 aromatic rings. The van der Waals surface area contributed by atoms with Crippen molar-refractivity contribution in [2.75, 3.05) is 11.9 Å². The lowest BCUT2D eigenvalue weighted by Gasteiger charge is -2.21. The van der Waals surface area contributed by atoms with Gasteiger partial charge in [-0.2, -0.15) is 31.6 Å². The first kappa shape index (κ1) is 24.2. The molecule has 0 bridgehead atoms. The van der Waals surface area contributed by atoms with Crippen molar-refractivity contribution >= 4 is 32.9 Å². The Morgan fingerprint density at radius 3 is 2.68 bits per heavy atom. The molecule has 4 rings (SSSR count). The highest BCUT2D eigenvalue weighted by atomic mass is 32.2. The molecular weight excluding hydrogens is 475 g/mol. The number of H-pyrrole nitrogens is 1. The lowest BCUT2D eigenvalue weighted by molar-refractivity contribution is -0.135. The number of rotatable bonds is 8. The summed E-state index contributed by atoms with van der Waals surface area (Å²) in [5.41, 5.74) is 0.868. The maximum absolute atomic E-state index is 12.9. The average molecular weight is 500 g/mol. The van der Waals surface area contributed by atoms with E-state index in [1.54, 1.807) is 0 Å². The fraction of sp³-hybridized carbons (Fsp3) is 0.476. The predicted molar refractivity (Wildman–Crippen MR) is 118 cm³/mol. The Hall–Kier alpha value is -2.93. The van der Waals surface area contributed by atoms with Crippen LogP contribution in [0.2, 0.25) is 0 Å². The van der Waals surface area contributed by atoms with Crippen molar-refractivity contribution in [3.8, 4) is 5.88 Å². The highest BCUT2D eigenvalue weighted by Gasteiger charge is 2.39. The summed E-state index contributed by atoms with van der Waals surface area (Å²) in [6.07, 6.45) is 0.670. The van der Waals surface area contributed by atoms with E-state index in [1.165, 1.54) is 49.9 Å². The van der Waals surface area contributed by atoms with E-state index in [4.69, 9.17) is 4.74 Å². The predicted octanol–water partition coefficient (Wildman–Crippen LogP) is 4.94. The van der Waals surface area contributed by atoms with Crippen LogP contribution in [-0.2, 0) is 10.1 Å². The van der Waals surface area contributed by atoms with Crippen LogP contribution in [0.1, 0.15) is 49.3 Å². The first-order chi connectivity index (χ1) is 16.1. The number of halogens is 3. The second-order valence-electron chi connectivity index (χ2n) is 8.34. The number of nitrogens with zero attached hydrogens (tertiary/aromatic N) is 3. The van der Waals surface area contributed by atoms with Gasteiger partial charge in [-0.15, -0.1) is 0 Å². The maximum Gasteiger partial charge on any atom is 0.390 e. The largest absolute Gasteiger partial charge is 0.476 e. The summed E-state index contributed by atoms with van der Waals surface area (Å²) in [5.74, 6) is 0.801. The summed E-state index contributed by atoms with van der Waals surface area (Å²) in [6, 6.07) is 5.29. The Bertz CT molecular complexity index is 1240. The Morgan fingerprint density at radius 2 is 1.97 bits per heavy atom. The molecule has 184 valence electrons. The SMILES string of the molecule is O=S(=O)(O)C(CC(F)(F)F)c1cccc(Nc2nc(OCC3CCCCC3)c3[nH]cnc3n2)c1. The molecule has 34 heavy (non-hydrogen) atoms. The number of fused-ring (bicyclic) bond motifs is 1. The summed E-state index contributed by atoms with van der Waals surface area (Å²) >= 11 is 0. The molecule has 0 aliphatic heterocycles. The van der Waals surface area contributed by atoms with Gasteiger partial charge in [-0.05, 0) is 36.5 Å². The zero-order valence-electron chi connectivity index (χ0n) is 18.0. The number of hydrogen-bond donors (Lipinski definition) is 3. The van der Waals surface area contributed by atoms with E-state index >= 15 is 0 Å². The van der Waals surface area contributed by atoms with Gasteiger partial charge in [0.15, 0.2) is 5.65 Å². The van der Waals surface area contributed by atoms with Gasteiger partial charge >= 0.3 is 6.18 Å². The minimum absolute atomic E-state index is 0.0784. The third-order valence-electron chi connectivity index (χ3n) is 5.72. The van der Waals surface area contributed by atoms with E-state index in [2.05, 4.69) is 25.3 Å². The molecule has 0 saturated heterocycles. The van der Waals surface area contributed by atoms with Crippen LogP contribution in [0.15, 0.2) is 30.6 Å². The van der Waals surface area contributed by atoms with Gasteiger partial charge in [0.2, 0.25) is 11.8 Å². The van der Waals surface area contributed by atoms with Crippen LogP contribution >= 0.6 is 0 Å². The van der Waals surface area contributed by atoms with Gasteiger partial charge in [0.1, 0.15) is 10.8 Å². The van der Waals surface area contributed by atoms with Crippen LogP contribution in [0.25, 0.3) is 11.2 Å². The van der Waals surface area contributed by atoms with Gasteiger partial charge in [-0.25, -0.2) is 4.98 Å². The number of anilines is 2. The van der Waals surface area contributed by atoms with Crippen molar-refractivity contribution in [1.29, 1.82) is 0 Å². The topological polar surface area (TPSA) is 130 Å². The number of imidazole rings is 1. The number of nitrogens with one attached hydrogen (secondary N) is 2. The summed E-state index contributed by atoms with van der Waals surface area (Å²) in [5, 5.41) is 0.706. The van der Waals surface area contributed by atoms with E-state index in [0.29, 0.717) is 29.6 Å². The molecule has 1 saturated carbocycles. The second kappa shape index (κ2) is 9.74. The Balaban J connectivity index is 1.57. The number of aromatic nitrogens is 4. The number of aromatic amines is 1. The lowest BCUT2D eigenvalue weighted by atomic mass is 9.90. The highest BCUT2D eigenvalue weighted by molar-refractivity contribution is 7.86. The molecule has 2 heterocycles. The van der Waals surface area contributed by atoms with Gasteiger partial charge in [0.05, 0.1) is 19.4 Å². The van der Waals surface area contributed by atoms with Crippen LogP contribution in [0.5, 0.6) is 5.88 Å². The molecule has 0 amide bonds. The zero-order valence-corrected chi connectivity index (χ0v) is 18.9. The maximum atomic E-state index is 12.9. The van der Waals surface area contributed by atoms with Crippen LogP contribution in [-0.4, -0.2) is 45.7 Å². The van der Waals surface area contributed by atoms with E-state index in [0.717, 1.165) is 12.8 Å². The normalized spacial score (nSPS) is 16.5. The monoisotopic (exact) mass is 499 g/mol. The Labute approximate surface area is 193 Å². The lowest BCUT2D eigenvalue weighted by Crippen LogP contribution is -2.20. The minimum Gasteiger partial charge on any atom is -0.476 e. The van der Waals surface area contributed by atoms with Crippen molar-refractivity contribution in [3.63, 3.8) is 0 Å². The first-order valence-electron chi connectivity index (χ1n) is 10.8. The first-order valence-corrected chi connectivity index (χ1v) is 12.3. The van der Waals surface area contributed by atoms with E-state index in [-0.39, 0.29) is 17.2 Å². The average Bonchev–Trinajstić information content (AvgIpc) is 3.24. The number of alkyl halides is 3. The standard InChI is InChI=1S/C21H24F3N5O4S/c22-21(23,24)10-16(34(30,31)32)14-7-4-8-15(9-14)27-20-28-18-17(25-12-26-18)19(29-20)33-11-13-5-2-1-3-6-13/h4,7-9,12-13,16H,1-3,5-6,10-11H2,(H,30,31,32)(H2,25,26,27,28,29). The van der Waals surface area contributed by atoms with Gasteiger partial charge in [0, 0.05) is 5.69 Å². The molecule has 9 nitrogen and oxygen atoms in total. The quantitative estimate of drug-likeness (QED) is 0.372. The molecule has 2 aromatic heterocycles. The molecule has 1 fully saturated rings. The van der Waals surface area contributed by atoms with Crippen molar-refractivity contribution in [3.05, 3.63) is 36.2 Å².